The minimum absolute atomic E-state index is 0.540. The van der Waals surface area contributed by atoms with Crippen LogP contribution in [0.4, 0.5) is 0 Å². The second-order valence-electron chi connectivity index (χ2n) is 25.7. The molecule has 0 unspecified atom stereocenters. The fourth-order valence-corrected chi connectivity index (χ4v) is 15.8. The molecule has 16 aromatic rings. The number of para-hydroxylation sites is 4. The van der Waals surface area contributed by atoms with Crippen LogP contribution in [0.1, 0.15) is 44.5 Å². The van der Waals surface area contributed by atoms with Crippen LogP contribution in [0.5, 0.6) is 23.0 Å². The van der Waals surface area contributed by atoms with E-state index >= 15 is 0 Å². The molecule has 2 aliphatic heterocycles. The van der Waals surface area contributed by atoms with Crippen LogP contribution < -0.4 is 9.47 Å². The average Bonchev–Trinajstić information content (AvgIpc) is 1.50. The molecule has 100 heavy (non-hydrogen) atoms. The van der Waals surface area contributed by atoms with E-state index < -0.39 is 10.8 Å². The zero-order valence-electron chi connectivity index (χ0n) is 53.6. The van der Waals surface area contributed by atoms with E-state index in [2.05, 4.69) is 242 Å². The molecule has 0 bridgehead atoms. The first-order valence-corrected chi connectivity index (χ1v) is 33.5. The number of hydrogen-bond acceptors (Lipinski definition) is 10. The smallest absolute Gasteiger partial charge is 0.164 e. The number of pyridine rings is 2. The Balaban J connectivity index is 0.646. The van der Waals surface area contributed by atoms with Crippen molar-refractivity contribution in [2.75, 3.05) is 0 Å². The van der Waals surface area contributed by atoms with Crippen LogP contribution in [0.15, 0.2) is 328 Å². The lowest BCUT2D eigenvalue weighted by atomic mass is 9.66. The molecule has 0 N–H and O–H groups in total. The number of benzene rings is 12. The highest BCUT2D eigenvalue weighted by molar-refractivity contribution is 5.92. The van der Waals surface area contributed by atoms with Crippen molar-refractivity contribution in [2.45, 2.75) is 10.8 Å². The molecular formula is C90H54N8O2. The summed E-state index contributed by atoms with van der Waals surface area (Å²) < 4.78 is 13.3. The van der Waals surface area contributed by atoms with Gasteiger partial charge in [-0.15, -0.1) is 0 Å². The predicted octanol–water partition coefficient (Wildman–Crippen LogP) is 20.8. The van der Waals surface area contributed by atoms with Gasteiger partial charge in [-0.2, -0.15) is 0 Å². The van der Waals surface area contributed by atoms with E-state index in [0.29, 0.717) is 34.9 Å². The summed E-state index contributed by atoms with van der Waals surface area (Å²) in [7, 11) is 0. The second-order valence-corrected chi connectivity index (χ2v) is 25.7. The molecule has 2 aliphatic carbocycles. The molecule has 6 heterocycles. The minimum Gasteiger partial charge on any atom is -0.457 e. The van der Waals surface area contributed by atoms with Crippen LogP contribution in [0.3, 0.4) is 0 Å². The van der Waals surface area contributed by atoms with Crippen LogP contribution in [-0.4, -0.2) is 39.9 Å². The van der Waals surface area contributed by atoms with Gasteiger partial charge >= 0.3 is 0 Å². The summed E-state index contributed by atoms with van der Waals surface area (Å²) in [5, 5.41) is 0. The molecule has 0 atom stereocenters. The molecule has 0 fully saturated rings. The standard InChI is InChI=1S/C90H54N8O2/c1-2-20-56(21-3-1)83-93-85(97-87(94-83)62-43-46-67-65-26-4-6-28-69(65)89(75(67)52-62)71-30-8-12-35-79(71)99-80-36-13-9-31-72(80)89)60-24-18-22-58(50-60)64-45-48-78(92-54-64)55-39-41-57(42-40-55)84-95-86(61-25-19-23-59(51-61)77-34-16-17-49-91-77)98-88(96-84)63-44-47-68-66-27-5-7-29-70(66)90(76(68)53-63)73-32-10-14-37-81(73)100-82-38-15-11-33-74(82)90/h1-54H. The molecule has 2 spiro atoms. The largest absolute Gasteiger partial charge is 0.457 e. The third-order valence-electron chi connectivity index (χ3n) is 20.3. The van der Waals surface area contributed by atoms with Gasteiger partial charge in [0.1, 0.15) is 23.0 Å². The molecule has 10 nitrogen and oxygen atoms in total. The Kier molecular flexibility index (Phi) is 12.8. The second kappa shape index (κ2) is 22.6. The van der Waals surface area contributed by atoms with Crippen LogP contribution in [0.2, 0.25) is 0 Å². The maximum absolute atomic E-state index is 6.67. The molecule has 10 heteroatoms. The lowest BCUT2D eigenvalue weighted by molar-refractivity contribution is 0.436. The van der Waals surface area contributed by atoms with Gasteiger partial charge in [-0.05, 0) is 117 Å². The molecule has 4 aromatic heterocycles. The molecule has 12 aromatic carbocycles. The van der Waals surface area contributed by atoms with E-state index in [4.69, 9.17) is 44.4 Å². The fraction of sp³-hybridized carbons (Fsp3) is 0.0222. The van der Waals surface area contributed by atoms with Crippen molar-refractivity contribution in [3.05, 3.63) is 372 Å². The number of nitrogens with zero attached hydrogens (tertiary/aromatic N) is 8. The van der Waals surface area contributed by atoms with E-state index in [9.17, 15) is 0 Å². The first-order valence-electron chi connectivity index (χ1n) is 33.5. The lowest BCUT2D eigenvalue weighted by Crippen LogP contribution is -2.32. The van der Waals surface area contributed by atoms with Gasteiger partial charge in [0.15, 0.2) is 34.9 Å². The van der Waals surface area contributed by atoms with E-state index in [1.165, 1.54) is 22.3 Å². The zero-order chi connectivity index (χ0) is 65.9. The van der Waals surface area contributed by atoms with E-state index in [1.54, 1.807) is 0 Å². The summed E-state index contributed by atoms with van der Waals surface area (Å²) in [6, 6.07) is 110. The van der Waals surface area contributed by atoms with Crippen LogP contribution in [0, 0.1) is 0 Å². The predicted molar refractivity (Wildman–Crippen MR) is 392 cm³/mol. The normalized spacial score (nSPS) is 13.3. The fourth-order valence-electron chi connectivity index (χ4n) is 15.8. The summed E-state index contributed by atoms with van der Waals surface area (Å²) in [5.41, 5.74) is 23.1. The van der Waals surface area contributed by atoms with E-state index in [1.807, 2.05) is 91.3 Å². The summed E-state index contributed by atoms with van der Waals surface area (Å²) in [4.78, 5) is 41.5. The van der Waals surface area contributed by atoms with Crippen LogP contribution in [0.25, 0.3) is 124 Å². The molecule has 466 valence electrons. The molecule has 0 saturated carbocycles. The van der Waals surface area contributed by atoms with Crippen LogP contribution >= 0.6 is 0 Å². The van der Waals surface area contributed by atoms with E-state index in [0.717, 1.165) is 135 Å². The minimum atomic E-state index is -0.665. The summed E-state index contributed by atoms with van der Waals surface area (Å²) in [6.45, 7) is 0. The third-order valence-corrected chi connectivity index (χ3v) is 20.3. The SMILES string of the molecule is c1ccc(-c2nc(-c3cccc(-c4ccc(-c5ccc(-c6nc(-c7cccc(-c8ccccn8)c7)nc(-c7ccc8c(c7)C7(c9ccccc9Oc9ccccc97)c7ccccc7-8)n6)cc5)nc4)c3)nc(-c3ccc4c(c3)C3(c5ccccc5Oc5ccccc53)c3ccccc3-4)n2)cc1. The van der Waals surface area contributed by atoms with Crippen molar-refractivity contribution in [1.29, 1.82) is 0 Å². The van der Waals surface area contributed by atoms with Crippen molar-refractivity contribution in [2.24, 2.45) is 0 Å². The number of ether oxygens (including phenoxy) is 2. The number of aromatic nitrogens is 8. The van der Waals surface area contributed by atoms with Crippen molar-refractivity contribution >= 4 is 0 Å². The van der Waals surface area contributed by atoms with Crippen molar-refractivity contribution in [3.63, 3.8) is 0 Å². The highest BCUT2D eigenvalue weighted by Gasteiger charge is 2.53. The first kappa shape index (κ1) is 56.9. The van der Waals surface area contributed by atoms with Crippen molar-refractivity contribution in [3.8, 4) is 147 Å². The Bertz CT molecular complexity index is 5910. The van der Waals surface area contributed by atoms with Gasteiger partial charge in [0.25, 0.3) is 0 Å². The molecular weight excluding hydrogens is 1230 g/mol. The number of rotatable bonds is 9. The Labute approximate surface area is 576 Å². The Morgan fingerprint density at radius 3 is 1.01 bits per heavy atom. The maximum Gasteiger partial charge on any atom is 0.164 e. The van der Waals surface area contributed by atoms with Crippen molar-refractivity contribution < 1.29 is 9.47 Å². The molecule has 0 radical (unpaired) electrons. The summed E-state index contributed by atoms with van der Waals surface area (Å²) in [5.74, 6) is 6.70. The number of hydrogen-bond donors (Lipinski definition) is 0. The van der Waals surface area contributed by atoms with Crippen molar-refractivity contribution in [1.82, 2.24) is 39.9 Å². The highest BCUT2D eigenvalue weighted by Crippen LogP contribution is 2.64. The van der Waals surface area contributed by atoms with Crippen LogP contribution in [-0.2, 0) is 10.8 Å². The Morgan fingerprint density at radius 1 is 0.200 bits per heavy atom. The van der Waals surface area contributed by atoms with Gasteiger partial charge in [0.05, 0.1) is 22.2 Å². The van der Waals surface area contributed by atoms with Gasteiger partial charge in [-0.3, -0.25) is 9.97 Å². The lowest BCUT2D eigenvalue weighted by Gasteiger charge is -2.39. The number of fused-ring (bicyclic) bond motifs is 18. The van der Waals surface area contributed by atoms with Gasteiger partial charge in [0.2, 0.25) is 0 Å². The summed E-state index contributed by atoms with van der Waals surface area (Å²) in [6.07, 6.45) is 3.75. The topological polar surface area (TPSA) is 122 Å². The van der Waals surface area contributed by atoms with Gasteiger partial charge < -0.3 is 9.47 Å². The Morgan fingerprint density at radius 2 is 0.540 bits per heavy atom. The van der Waals surface area contributed by atoms with Gasteiger partial charge in [0, 0.05) is 84.7 Å². The third kappa shape index (κ3) is 8.83. The highest BCUT2D eigenvalue weighted by atomic mass is 16.5. The maximum atomic E-state index is 6.67. The molecule has 4 aliphatic rings. The monoisotopic (exact) mass is 1280 g/mol. The zero-order valence-corrected chi connectivity index (χ0v) is 53.6. The molecule has 0 saturated heterocycles. The van der Waals surface area contributed by atoms with Gasteiger partial charge in [-0.1, -0.05) is 249 Å². The Hall–Kier alpha value is -13.4. The first-order chi connectivity index (χ1) is 49.5. The molecule has 20 rings (SSSR count). The van der Waals surface area contributed by atoms with Gasteiger partial charge in [-0.25, -0.2) is 29.9 Å². The molecule has 0 amide bonds. The average molecular weight is 1280 g/mol. The quantitative estimate of drug-likeness (QED) is 0.138. The van der Waals surface area contributed by atoms with E-state index in [-0.39, 0.29) is 0 Å². The summed E-state index contributed by atoms with van der Waals surface area (Å²) >= 11 is 0.